The summed E-state index contributed by atoms with van der Waals surface area (Å²) in [6.07, 6.45) is 14.4. The molecule has 2 amide bonds. The van der Waals surface area contributed by atoms with Crippen LogP contribution in [0.5, 0.6) is 0 Å². The number of anilines is 1. The number of nitrogens with one attached hydrogen (secondary N) is 4. The van der Waals surface area contributed by atoms with E-state index in [2.05, 4.69) is 31.2 Å². The Balaban J connectivity index is 0.000000163. The van der Waals surface area contributed by atoms with Crippen LogP contribution in [0, 0.1) is 56.4 Å². The number of carbonyl (C=O) groups is 2. The topological polar surface area (TPSA) is 205 Å². The van der Waals surface area contributed by atoms with Crippen molar-refractivity contribution in [2.75, 3.05) is 31.5 Å². The number of carbonyl (C=O) groups excluding carboxylic acids is 2. The van der Waals surface area contributed by atoms with Crippen LogP contribution in [-0.2, 0) is 16.1 Å². The highest BCUT2D eigenvalue weighted by Gasteiger charge is 2.60. The lowest BCUT2D eigenvalue weighted by Gasteiger charge is -2.62. The summed E-state index contributed by atoms with van der Waals surface area (Å²) < 4.78 is 55.0. The Hall–Kier alpha value is -4.98. The zero-order valence-electron chi connectivity index (χ0n) is 35.7. The molecule has 8 saturated carbocycles. The lowest BCUT2D eigenvalue weighted by atomic mass is 9.50. The standard InChI is InChI=1S/C24H29F2N5O3.C21H26F2N6O/c25-24(26)10-20(11-27)30(15-24)21(32)13-29-23-8-17-4-18(9-23)7-22(6-17,14-23)28-12-16-2-1-3-19(5-16)31(33)34;22-21(23)9-16(10-24)29(13-21)17(30)11-27-19-5-14-4-15(6-19)8-20(7-14,12-19)28-18-25-2-1-3-26-18/h1-3,5,17-18,20,28-29H,4,6-10,12-15H2;1-3,14-16,27H,4-9,11-13H2,(H,25,26,28)/t17?,18?,20-,22?,23?;14?,15?,16-,19?,20?/m00/s1. The number of alkyl halides is 4. The zero-order valence-corrected chi connectivity index (χ0v) is 35.7. The summed E-state index contributed by atoms with van der Waals surface area (Å²) in [7, 11) is 0. The van der Waals surface area contributed by atoms with Gasteiger partial charge in [-0.25, -0.2) is 27.5 Å². The van der Waals surface area contributed by atoms with Gasteiger partial charge in [0.15, 0.2) is 0 Å². The SMILES string of the molecule is N#C[C@@H]1CC(F)(F)CN1C(=O)CNC12CC3CC(C1)CC(NCc1cccc([N+](=O)[O-])c1)(C3)C2.N#C[C@@H]1CC(F)(F)CN1C(=O)CNC12CC3CC(C1)CC(Nc1ncccn1)(C3)C2. The molecular formula is C45H55F4N11O4. The number of nitriles is 2. The van der Waals surface area contributed by atoms with E-state index in [0.717, 1.165) is 86.0 Å². The molecule has 2 aromatic rings. The number of benzene rings is 1. The normalized spacial score (nSPS) is 36.8. The van der Waals surface area contributed by atoms with E-state index < -0.39 is 66.6 Å². The molecule has 2 saturated heterocycles. The monoisotopic (exact) mass is 889 g/mol. The molecule has 12 rings (SSSR count). The van der Waals surface area contributed by atoms with Gasteiger partial charge in [0.25, 0.3) is 17.5 Å². The summed E-state index contributed by atoms with van der Waals surface area (Å²) in [5.74, 6) is -4.07. The Labute approximate surface area is 369 Å². The third-order valence-corrected chi connectivity index (χ3v) is 15.6. The first-order valence-corrected chi connectivity index (χ1v) is 22.6. The lowest BCUT2D eigenvalue weighted by molar-refractivity contribution is -0.384. The molecule has 4 N–H and O–H groups in total. The predicted molar refractivity (Wildman–Crippen MR) is 223 cm³/mol. The van der Waals surface area contributed by atoms with Gasteiger partial charge in [-0.1, -0.05) is 12.1 Å². The smallest absolute Gasteiger partial charge is 0.269 e. The van der Waals surface area contributed by atoms with Gasteiger partial charge in [-0.15, -0.1) is 0 Å². The van der Waals surface area contributed by atoms with Gasteiger partial charge >= 0.3 is 0 Å². The molecule has 2 aliphatic heterocycles. The first kappa shape index (κ1) is 44.2. The fraction of sp³-hybridized carbons (Fsp3) is 0.689. The lowest BCUT2D eigenvalue weighted by Crippen LogP contribution is -2.69. The van der Waals surface area contributed by atoms with Crippen LogP contribution in [0.1, 0.15) is 95.5 Å². The number of non-ortho nitro benzene ring substituents is 1. The fourth-order valence-electron chi connectivity index (χ4n) is 14.1. The Morgan fingerprint density at radius 3 is 1.62 bits per heavy atom. The summed E-state index contributed by atoms with van der Waals surface area (Å²) in [5.41, 5.74) is 0.299. The Morgan fingerprint density at radius 1 is 0.703 bits per heavy atom. The minimum atomic E-state index is -3.02. The van der Waals surface area contributed by atoms with Crippen molar-refractivity contribution in [3.63, 3.8) is 0 Å². The number of nitrogens with zero attached hydrogens (tertiary/aromatic N) is 7. The summed E-state index contributed by atoms with van der Waals surface area (Å²) >= 11 is 0. The van der Waals surface area contributed by atoms with Crippen molar-refractivity contribution in [2.45, 2.75) is 143 Å². The number of amides is 2. The van der Waals surface area contributed by atoms with Gasteiger partial charge in [0.1, 0.15) is 12.1 Å². The summed E-state index contributed by atoms with van der Waals surface area (Å²) in [6.45, 7) is -0.886. The second kappa shape index (κ2) is 16.5. The number of hydrogen-bond donors (Lipinski definition) is 4. The van der Waals surface area contributed by atoms with Crippen LogP contribution < -0.4 is 21.3 Å². The molecule has 4 unspecified atom stereocenters. The molecule has 342 valence electrons. The molecule has 0 spiro atoms. The maximum Gasteiger partial charge on any atom is 0.269 e. The van der Waals surface area contributed by atoms with Crippen LogP contribution >= 0.6 is 0 Å². The van der Waals surface area contributed by atoms with Crippen molar-refractivity contribution in [1.82, 2.24) is 35.7 Å². The fourth-order valence-corrected chi connectivity index (χ4v) is 14.1. The number of nitro groups is 1. The van der Waals surface area contributed by atoms with E-state index in [1.165, 1.54) is 12.5 Å². The third-order valence-electron chi connectivity index (χ3n) is 15.6. The van der Waals surface area contributed by atoms with Crippen LogP contribution in [0.25, 0.3) is 0 Å². The van der Waals surface area contributed by atoms with Crippen molar-refractivity contribution in [2.24, 2.45) is 23.7 Å². The number of aromatic nitrogens is 2. The molecule has 10 fully saturated rings. The van der Waals surface area contributed by atoms with Crippen molar-refractivity contribution in [3.8, 4) is 12.1 Å². The van der Waals surface area contributed by atoms with Gasteiger partial charge in [0, 0.05) is 66.1 Å². The molecule has 10 aliphatic rings. The van der Waals surface area contributed by atoms with E-state index in [1.54, 1.807) is 30.6 Å². The van der Waals surface area contributed by atoms with E-state index >= 15 is 0 Å². The first-order chi connectivity index (χ1) is 30.4. The molecule has 8 bridgehead atoms. The van der Waals surface area contributed by atoms with Gasteiger partial charge in [0.05, 0.1) is 43.2 Å². The number of nitro benzene ring substituents is 1. The maximum atomic E-state index is 13.8. The third kappa shape index (κ3) is 9.13. The molecule has 6 atom stereocenters. The van der Waals surface area contributed by atoms with E-state index in [9.17, 15) is 47.8 Å². The molecule has 1 aromatic heterocycles. The summed E-state index contributed by atoms with van der Waals surface area (Å²) in [6, 6.07) is 10.0. The van der Waals surface area contributed by atoms with Crippen LogP contribution in [0.15, 0.2) is 42.7 Å². The maximum absolute atomic E-state index is 13.8. The quantitative estimate of drug-likeness (QED) is 0.119. The number of halogens is 4. The molecule has 15 nitrogen and oxygen atoms in total. The number of likely N-dealkylation sites (tertiary alicyclic amines) is 2. The molecule has 1 aromatic carbocycles. The van der Waals surface area contributed by atoms with Crippen molar-refractivity contribution in [3.05, 3.63) is 58.4 Å². The largest absolute Gasteiger partial charge is 0.349 e. The van der Waals surface area contributed by atoms with Crippen molar-refractivity contribution >= 4 is 23.5 Å². The molecular weight excluding hydrogens is 835 g/mol. The average Bonchev–Trinajstić information content (AvgIpc) is 3.74. The van der Waals surface area contributed by atoms with Gasteiger partial charge in [-0.2, -0.15) is 10.5 Å². The minimum Gasteiger partial charge on any atom is -0.349 e. The molecule has 8 aliphatic carbocycles. The van der Waals surface area contributed by atoms with E-state index in [-0.39, 0.29) is 40.9 Å². The Bertz CT molecular complexity index is 2190. The molecule has 64 heavy (non-hydrogen) atoms. The Kier molecular flexibility index (Phi) is 11.4. The van der Waals surface area contributed by atoms with Crippen LogP contribution in [0.3, 0.4) is 0 Å². The number of hydrogen-bond acceptors (Lipinski definition) is 12. The van der Waals surface area contributed by atoms with E-state index in [0.29, 0.717) is 36.2 Å². The van der Waals surface area contributed by atoms with Crippen LogP contribution in [0.4, 0.5) is 29.2 Å². The van der Waals surface area contributed by atoms with Crippen LogP contribution in [0.2, 0.25) is 0 Å². The summed E-state index contributed by atoms with van der Waals surface area (Å²) in [5, 5.41) is 43.7. The highest BCUT2D eigenvalue weighted by molar-refractivity contribution is 5.80. The van der Waals surface area contributed by atoms with Crippen molar-refractivity contribution in [1.29, 1.82) is 10.5 Å². The van der Waals surface area contributed by atoms with Gasteiger partial charge < -0.3 is 31.1 Å². The van der Waals surface area contributed by atoms with E-state index in [1.807, 2.05) is 18.2 Å². The van der Waals surface area contributed by atoms with Gasteiger partial charge in [0.2, 0.25) is 17.8 Å². The average molecular weight is 890 g/mol. The minimum absolute atomic E-state index is 0.00832. The van der Waals surface area contributed by atoms with E-state index in [4.69, 9.17) is 0 Å². The second-order valence-electron chi connectivity index (χ2n) is 20.7. The summed E-state index contributed by atoms with van der Waals surface area (Å²) in [4.78, 5) is 46.9. The molecule has 0 radical (unpaired) electrons. The second-order valence-corrected chi connectivity index (χ2v) is 20.7. The van der Waals surface area contributed by atoms with Crippen molar-refractivity contribution < 1.29 is 32.1 Å². The molecule has 3 heterocycles. The number of rotatable bonds is 12. The van der Waals surface area contributed by atoms with Gasteiger partial charge in [-0.05, 0) is 112 Å². The van der Waals surface area contributed by atoms with Gasteiger partial charge in [-0.3, -0.25) is 19.7 Å². The first-order valence-electron chi connectivity index (χ1n) is 22.6. The molecule has 19 heteroatoms. The highest BCUT2D eigenvalue weighted by atomic mass is 19.3. The van der Waals surface area contributed by atoms with Crippen LogP contribution in [-0.4, -0.2) is 109 Å². The zero-order chi connectivity index (χ0) is 45.1. The Morgan fingerprint density at radius 2 is 1.16 bits per heavy atom. The predicted octanol–water partition coefficient (Wildman–Crippen LogP) is 5.45. The highest BCUT2D eigenvalue weighted by Crippen LogP contribution is 2.59.